The van der Waals surface area contributed by atoms with Crippen molar-refractivity contribution < 1.29 is 9.66 Å². The third-order valence-electron chi connectivity index (χ3n) is 3.42. The lowest BCUT2D eigenvalue weighted by Gasteiger charge is -2.32. The lowest BCUT2D eigenvalue weighted by molar-refractivity contribution is -0.384. The van der Waals surface area contributed by atoms with Crippen LogP contribution in [0.15, 0.2) is 24.3 Å². The summed E-state index contributed by atoms with van der Waals surface area (Å²) in [4.78, 5) is 10.1. The lowest BCUT2D eigenvalue weighted by atomic mass is 9.83. The zero-order valence-electron chi connectivity index (χ0n) is 10.3. The minimum atomic E-state index is -0.421. The topological polar surface area (TPSA) is 78.4 Å². The molecule has 0 aromatic heterocycles. The van der Waals surface area contributed by atoms with Gasteiger partial charge in [-0.25, -0.2) is 0 Å². The molecule has 1 fully saturated rings. The number of nitro benzene ring substituents is 1. The molecule has 0 saturated heterocycles. The van der Waals surface area contributed by atoms with Crippen molar-refractivity contribution in [3.8, 4) is 5.75 Å². The molecule has 2 rings (SSSR count). The number of nitrogens with two attached hydrogens (primary N) is 1. The molecule has 0 atom stereocenters. The number of benzene rings is 1. The first-order valence-corrected chi connectivity index (χ1v) is 6.25. The average Bonchev–Trinajstić information content (AvgIpc) is 2.38. The quantitative estimate of drug-likeness (QED) is 0.658. The first kappa shape index (κ1) is 12.8. The number of nitro groups is 1. The van der Waals surface area contributed by atoms with E-state index in [9.17, 15) is 10.1 Å². The van der Waals surface area contributed by atoms with Gasteiger partial charge in [-0.2, -0.15) is 0 Å². The Bertz CT molecular complexity index is 411. The van der Waals surface area contributed by atoms with E-state index >= 15 is 0 Å². The zero-order valence-corrected chi connectivity index (χ0v) is 10.3. The van der Waals surface area contributed by atoms with Crippen molar-refractivity contribution in [2.75, 3.05) is 6.61 Å². The molecule has 18 heavy (non-hydrogen) atoms. The summed E-state index contributed by atoms with van der Waals surface area (Å²) >= 11 is 0. The number of rotatable bonds is 4. The molecule has 0 spiro atoms. The predicted octanol–water partition coefficient (Wildman–Crippen LogP) is 2.64. The normalized spacial score (nSPS) is 18.3. The van der Waals surface area contributed by atoms with Gasteiger partial charge in [-0.3, -0.25) is 10.1 Å². The van der Waals surface area contributed by atoms with Crippen LogP contribution in [0.25, 0.3) is 0 Å². The predicted molar refractivity (Wildman–Crippen MR) is 68.6 cm³/mol. The summed E-state index contributed by atoms with van der Waals surface area (Å²) in [5, 5.41) is 10.5. The van der Waals surface area contributed by atoms with Crippen LogP contribution in [0, 0.1) is 10.1 Å². The summed E-state index contributed by atoms with van der Waals surface area (Å²) in [6.45, 7) is 0.477. The summed E-state index contributed by atoms with van der Waals surface area (Å²) in [6, 6.07) is 6.12. The summed E-state index contributed by atoms with van der Waals surface area (Å²) in [6.07, 6.45) is 5.52. The van der Waals surface area contributed by atoms with Crippen LogP contribution in [-0.4, -0.2) is 17.1 Å². The van der Waals surface area contributed by atoms with Gasteiger partial charge in [0.1, 0.15) is 12.4 Å². The molecule has 0 radical (unpaired) electrons. The molecular formula is C13H18N2O3. The van der Waals surface area contributed by atoms with E-state index in [4.69, 9.17) is 10.5 Å². The first-order valence-electron chi connectivity index (χ1n) is 6.25. The van der Waals surface area contributed by atoms with Crippen molar-refractivity contribution >= 4 is 5.69 Å². The maximum absolute atomic E-state index is 10.5. The Hall–Kier alpha value is -1.62. The van der Waals surface area contributed by atoms with Crippen LogP contribution in [-0.2, 0) is 0 Å². The van der Waals surface area contributed by atoms with Crippen molar-refractivity contribution in [2.45, 2.75) is 37.6 Å². The van der Waals surface area contributed by atoms with Gasteiger partial charge in [0.15, 0.2) is 0 Å². The Morgan fingerprint density at radius 2 is 1.83 bits per heavy atom. The van der Waals surface area contributed by atoms with Crippen LogP contribution in [0.3, 0.4) is 0 Å². The smallest absolute Gasteiger partial charge is 0.269 e. The van der Waals surface area contributed by atoms with E-state index in [1.807, 2.05) is 0 Å². The van der Waals surface area contributed by atoms with Crippen LogP contribution in [0.1, 0.15) is 32.1 Å². The zero-order chi connectivity index (χ0) is 13.0. The van der Waals surface area contributed by atoms with Crippen molar-refractivity contribution in [2.24, 2.45) is 5.73 Å². The maximum atomic E-state index is 10.5. The number of ether oxygens (including phenoxy) is 1. The molecule has 1 saturated carbocycles. The van der Waals surface area contributed by atoms with Gasteiger partial charge in [-0.15, -0.1) is 0 Å². The SMILES string of the molecule is NC1(COc2ccc([N+](=O)[O-])cc2)CCCCC1. The molecule has 1 aliphatic carbocycles. The first-order chi connectivity index (χ1) is 8.59. The van der Waals surface area contributed by atoms with E-state index in [-0.39, 0.29) is 11.2 Å². The van der Waals surface area contributed by atoms with Gasteiger partial charge in [0.25, 0.3) is 5.69 Å². The molecule has 5 heteroatoms. The molecule has 5 nitrogen and oxygen atoms in total. The van der Waals surface area contributed by atoms with Gasteiger partial charge in [0, 0.05) is 12.1 Å². The maximum Gasteiger partial charge on any atom is 0.269 e. The summed E-state index contributed by atoms with van der Waals surface area (Å²) in [7, 11) is 0. The Labute approximate surface area is 106 Å². The fourth-order valence-corrected chi connectivity index (χ4v) is 2.29. The molecule has 0 unspecified atom stereocenters. The van der Waals surface area contributed by atoms with Crippen molar-refractivity contribution in [1.82, 2.24) is 0 Å². The van der Waals surface area contributed by atoms with Gasteiger partial charge in [-0.1, -0.05) is 19.3 Å². The van der Waals surface area contributed by atoms with Crippen LogP contribution in [0.4, 0.5) is 5.69 Å². The molecule has 0 heterocycles. The third-order valence-corrected chi connectivity index (χ3v) is 3.42. The molecule has 1 aliphatic rings. The third kappa shape index (κ3) is 3.20. The van der Waals surface area contributed by atoms with E-state index in [1.165, 1.54) is 18.6 Å². The Balaban J connectivity index is 1.91. The standard InChI is InChI=1S/C13H18N2O3/c14-13(8-2-1-3-9-13)10-18-12-6-4-11(5-7-12)15(16)17/h4-7H,1-3,8-10,14H2. The number of non-ortho nitro benzene ring substituents is 1. The van der Waals surface area contributed by atoms with Crippen molar-refractivity contribution in [1.29, 1.82) is 0 Å². The largest absolute Gasteiger partial charge is 0.492 e. The number of hydrogen-bond acceptors (Lipinski definition) is 4. The van der Waals surface area contributed by atoms with Crippen molar-refractivity contribution in [3.05, 3.63) is 34.4 Å². The summed E-state index contributed by atoms with van der Waals surface area (Å²) in [5.74, 6) is 0.635. The fourth-order valence-electron chi connectivity index (χ4n) is 2.29. The Kier molecular flexibility index (Phi) is 3.81. The number of hydrogen-bond donors (Lipinski definition) is 1. The van der Waals surface area contributed by atoms with Gasteiger partial charge in [0.2, 0.25) is 0 Å². The van der Waals surface area contributed by atoms with Gasteiger partial charge >= 0.3 is 0 Å². The highest BCUT2D eigenvalue weighted by Crippen LogP contribution is 2.27. The van der Waals surface area contributed by atoms with Gasteiger partial charge < -0.3 is 10.5 Å². The molecule has 0 aliphatic heterocycles. The Morgan fingerprint density at radius 3 is 2.39 bits per heavy atom. The van der Waals surface area contributed by atoms with E-state index < -0.39 is 4.92 Å². The lowest BCUT2D eigenvalue weighted by Crippen LogP contribution is -2.47. The fraction of sp³-hybridized carbons (Fsp3) is 0.538. The molecule has 0 bridgehead atoms. The van der Waals surface area contributed by atoms with E-state index in [0.717, 1.165) is 25.7 Å². The molecule has 0 amide bonds. The van der Waals surface area contributed by atoms with Gasteiger partial charge in [0.05, 0.1) is 10.5 Å². The Morgan fingerprint density at radius 1 is 1.22 bits per heavy atom. The van der Waals surface area contributed by atoms with Crippen LogP contribution in [0.5, 0.6) is 5.75 Å². The van der Waals surface area contributed by atoms with Crippen LogP contribution >= 0.6 is 0 Å². The summed E-state index contributed by atoms with van der Waals surface area (Å²) < 4.78 is 5.64. The molecule has 1 aromatic carbocycles. The minimum Gasteiger partial charge on any atom is -0.492 e. The van der Waals surface area contributed by atoms with E-state index in [0.29, 0.717) is 12.4 Å². The molecule has 2 N–H and O–H groups in total. The average molecular weight is 250 g/mol. The number of nitrogens with zero attached hydrogens (tertiary/aromatic N) is 1. The van der Waals surface area contributed by atoms with Crippen LogP contribution in [0.2, 0.25) is 0 Å². The second-order valence-electron chi connectivity index (χ2n) is 4.96. The minimum absolute atomic E-state index is 0.0717. The molecule has 1 aromatic rings. The van der Waals surface area contributed by atoms with Crippen LogP contribution < -0.4 is 10.5 Å². The second-order valence-corrected chi connectivity index (χ2v) is 4.96. The van der Waals surface area contributed by atoms with Crippen molar-refractivity contribution in [3.63, 3.8) is 0 Å². The second kappa shape index (κ2) is 5.35. The van der Waals surface area contributed by atoms with Gasteiger partial charge in [-0.05, 0) is 25.0 Å². The summed E-state index contributed by atoms with van der Waals surface area (Å²) in [5.41, 5.74) is 6.09. The monoisotopic (exact) mass is 250 g/mol. The molecule has 98 valence electrons. The highest BCUT2D eigenvalue weighted by atomic mass is 16.6. The highest BCUT2D eigenvalue weighted by molar-refractivity contribution is 5.36. The van der Waals surface area contributed by atoms with E-state index in [2.05, 4.69) is 0 Å². The highest BCUT2D eigenvalue weighted by Gasteiger charge is 2.28. The molecular weight excluding hydrogens is 232 g/mol. The van der Waals surface area contributed by atoms with E-state index in [1.54, 1.807) is 12.1 Å².